The molecule has 0 fully saturated rings. The van der Waals surface area contributed by atoms with Crippen LogP contribution in [0.3, 0.4) is 0 Å². The molecule has 0 aromatic heterocycles. The number of halogens is 2. The van der Waals surface area contributed by atoms with Crippen molar-refractivity contribution in [1.29, 1.82) is 0 Å². The molecule has 1 unspecified atom stereocenters. The van der Waals surface area contributed by atoms with Crippen LogP contribution < -0.4 is 5.73 Å². The van der Waals surface area contributed by atoms with E-state index in [2.05, 4.69) is 0 Å². The second kappa shape index (κ2) is 4.06. The number of carbonyl (C=O) groups excluding carboxylic acids is 1. The van der Waals surface area contributed by atoms with Gasteiger partial charge in [0.05, 0.1) is 6.04 Å². The molecule has 1 aromatic rings. The molecule has 0 amide bonds. The number of benzene rings is 1. The highest BCUT2D eigenvalue weighted by Crippen LogP contribution is 2.26. The van der Waals surface area contributed by atoms with Gasteiger partial charge in [-0.2, -0.15) is 0 Å². The third-order valence-corrected chi connectivity index (χ3v) is 2.09. The summed E-state index contributed by atoms with van der Waals surface area (Å²) in [6, 6.07) is 4.63. The van der Waals surface area contributed by atoms with Crippen LogP contribution in [-0.2, 0) is 5.92 Å². The molecule has 4 heteroatoms. The van der Waals surface area contributed by atoms with Crippen LogP contribution in [0.1, 0.15) is 29.8 Å². The first kappa shape index (κ1) is 11.8. The van der Waals surface area contributed by atoms with Gasteiger partial charge in [0, 0.05) is 18.1 Å². The first-order chi connectivity index (χ1) is 6.82. The number of rotatable bonds is 3. The summed E-state index contributed by atoms with van der Waals surface area (Å²) in [4.78, 5) is 11.4. The van der Waals surface area contributed by atoms with Crippen LogP contribution in [0.4, 0.5) is 8.78 Å². The highest BCUT2D eigenvalue weighted by atomic mass is 19.3. The van der Waals surface area contributed by atoms with Crippen molar-refractivity contribution in [1.82, 2.24) is 0 Å². The lowest BCUT2D eigenvalue weighted by Gasteiger charge is -2.11. The fraction of sp³-hybridized carbons (Fsp3) is 0.364. The van der Waals surface area contributed by atoms with E-state index in [1.165, 1.54) is 24.3 Å². The molecule has 0 spiro atoms. The molecular formula is C11H13F2NO. The normalized spacial score (nSPS) is 13.7. The van der Waals surface area contributed by atoms with Crippen molar-refractivity contribution < 1.29 is 13.6 Å². The van der Waals surface area contributed by atoms with Crippen LogP contribution in [-0.4, -0.2) is 11.8 Å². The van der Waals surface area contributed by atoms with Gasteiger partial charge in [-0.25, -0.2) is 8.78 Å². The minimum Gasteiger partial charge on any atom is -0.321 e. The quantitative estimate of drug-likeness (QED) is 0.783. The Balaban J connectivity index is 2.96. The van der Waals surface area contributed by atoms with E-state index in [-0.39, 0.29) is 11.3 Å². The summed E-state index contributed by atoms with van der Waals surface area (Å²) >= 11 is 0. The Kier molecular flexibility index (Phi) is 3.19. The average molecular weight is 213 g/mol. The van der Waals surface area contributed by atoms with Crippen LogP contribution in [0.25, 0.3) is 0 Å². The molecule has 0 saturated heterocycles. The molecule has 2 N–H and O–H groups in total. The van der Waals surface area contributed by atoms with Gasteiger partial charge >= 0.3 is 0 Å². The van der Waals surface area contributed by atoms with Crippen LogP contribution in [0, 0.1) is 0 Å². The minimum atomic E-state index is -2.88. The van der Waals surface area contributed by atoms with Gasteiger partial charge < -0.3 is 5.73 Å². The molecule has 1 rings (SSSR count). The molecule has 0 heterocycles. The summed E-state index contributed by atoms with van der Waals surface area (Å²) in [5.74, 6) is -3.13. The van der Waals surface area contributed by atoms with Gasteiger partial charge in [0.2, 0.25) is 0 Å². The van der Waals surface area contributed by atoms with Crippen LogP contribution in [0.15, 0.2) is 24.3 Å². The topological polar surface area (TPSA) is 43.1 Å². The highest BCUT2D eigenvalue weighted by molar-refractivity contribution is 5.99. The van der Waals surface area contributed by atoms with E-state index in [4.69, 9.17) is 5.73 Å². The fourth-order valence-corrected chi connectivity index (χ4v) is 1.19. The molecular weight excluding hydrogens is 200 g/mol. The molecule has 1 atom stereocenters. The smallest absolute Gasteiger partial charge is 0.270 e. The maximum Gasteiger partial charge on any atom is 0.270 e. The van der Waals surface area contributed by atoms with E-state index >= 15 is 0 Å². The van der Waals surface area contributed by atoms with Crippen LogP contribution in [0.2, 0.25) is 0 Å². The fourth-order valence-electron chi connectivity index (χ4n) is 1.19. The summed E-state index contributed by atoms with van der Waals surface area (Å²) in [5.41, 5.74) is 5.65. The number of carbonyl (C=O) groups is 1. The molecule has 0 aliphatic carbocycles. The third-order valence-electron chi connectivity index (χ3n) is 2.09. The molecule has 0 saturated carbocycles. The standard InChI is InChI=1S/C11H13F2NO/c1-7(14)10(15)8-3-5-9(6-4-8)11(2,12)13/h3-7H,14H2,1-2H3. The zero-order chi connectivity index (χ0) is 11.6. The van der Waals surface area contributed by atoms with Crippen LogP contribution in [0.5, 0.6) is 0 Å². The summed E-state index contributed by atoms with van der Waals surface area (Å²) in [7, 11) is 0. The van der Waals surface area contributed by atoms with Gasteiger partial charge in [-0.05, 0) is 6.92 Å². The average Bonchev–Trinajstić information content (AvgIpc) is 2.15. The number of alkyl halides is 2. The lowest BCUT2D eigenvalue weighted by molar-refractivity contribution is 0.0174. The van der Waals surface area contributed by atoms with Gasteiger partial charge in [-0.15, -0.1) is 0 Å². The van der Waals surface area contributed by atoms with Crippen molar-refractivity contribution in [2.45, 2.75) is 25.8 Å². The summed E-state index contributed by atoms with van der Waals surface area (Å²) in [6.07, 6.45) is 0. The van der Waals surface area contributed by atoms with Crippen molar-refractivity contribution in [3.8, 4) is 0 Å². The monoisotopic (exact) mass is 213 g/mol. The zero-order valence-electron chi connectivity index (χ0n) is 8.63. The summed E-state index contributed by atoms with van der Waals surface area (Å²) in [6.45, 7) is 2.38. The van der Waals surface area contributed by atoms with Crippen molar-refractivity contribution in [2.75, 3.05) is 0 Å². The van der Waals surface area contributed by atoms with E-state index in [1.807, 2.05) is 0 Å². The highest BCUT2D eigenvalue weighted by Gasteiger charge is 2.24. The predicted octanol–water partition coefficient (Wildman–Crippen LogP) is 2.33. The maximum absolute atomic E-state index is 12.8. The Morgan fingerprint density at radius 1 is 1.33 bits per heavy atom. The van der Waals surface area contributed by atoms with Gasteiger partial charge in [-0.1, -0.05) is 24.3 Å². The Hall–Kier alpha value is -1.29. The zero-order valence-corrected chi connectivity index (χ0v) is 8.63. The van der Waals surface area contributed by atoms with E-state index in [0.29, 0.717) is 5.56 Å². The number of hydrogen-bond donors (Lipinski definition) is 1. The second-order valence-electron chi connectivity index (χ2n) is 3.62. The van der Waals surface area contributed by atoms with Gasteiger partial charge in [0.15, 0.2) is 5.78 Å². The summed E-state index contributed by atoms with van der Waals surface area (Å²) < 4.78 is 25.7. The number of hydrogen-bond acceptors (Lipinski definition) is 2. The van der Waals surface area contributed by atoms with Crippen molar-refractivity contribution in [3.05, 3.63) is 35.4 Å². The van der Waals surface area contributed by atoms with E-state index in [9.17, 15) is 13.6 Å². The third kappa shape index (κ3) is 2.83. The lowest BCUT2D eigenvalue weighted by Crippen LogP contribution is -2.26. The Bertz CT molecular complexity index is 352. The van der Waals surface area contributed by atoms with Crippen molar-refractivity contribution in [3.63, 3.8) is 0 Å². The molecule has 15 heavy (non-hydrogen) atoms. The molecule has 1 aromatic carbocycles. The largest absolute Gasteiger partial charge is 0.321 e. The number of nitrogens with two attached hydrogens (primary N) is 1. The van der Waals surface area contributed by atoms with Gasteiger partial charge in [0.1, 0.15) is 0 Å². The van der Waals surface area contributed by atoms with Crippen molar-refractivity contribution >= 4 is 5.78 Å². The van der Waals surface area contributed by atoms with Crippen LogP contribution >= 0.6 is 0 Å². The Morgan fingerprint density at radius 3 is 2.13 bits per heavy atom. The second-order valence-corrected chi connectivity index (χ2v) is 3.62. The Labute approximate surface area is 87.1 Å². The van der Waals surface area contributed by atoms with E-state index < -0.39 is 12.0 Å². The minimum absolute atomic E-state index is 0.108. The SMILES string of the molecule is CC(N)C(=O)c1ccc(C(C)(F)F)cc1. The maximum atomic E-state index is 12.8. The van der Waals surface area contributed by atoms with E-state index in [0.717, 1.165) is 6.92 Å². The van der Waals surface area contributed by atoms with E-state index in [1.54, 1.807) is 6.92 Å². The number of Topliss-reactive ketones (excluding diaryl/α,β-unsaturated/α-hetero) is 1. The molecule has 2 nitrogen and oxygen atoms in total. The number of ketones is 1. The molecule has 82 valence electrons. The van der Waals surface area contributed by atoms with Gasteiger partial charge in [-0.3, -0.25) is 4.79 Å². The molecule has 0 aliphatic heterocycles. The first-order valence-corrected chi connectivity index (χ1v) is 4.60. The summed E-state index contributed by atoms with van der Waals surface area (Å²) in [5, 5.41) is 0. The molecule has 0 bridgehead atoms. The van der Waals surface area contributed by atoms with Crippen molar-refractivity contribution in [2.24, 2.45) is 5.73 Å². The Morgan fingerprint density at radius 2 is 1.80 bits per heavy atom. The predicted molar refractivity (Wildman–Crippen MR) is 54.0 cm³/mol. The molecule has 0 radical (unpaired) electrons. The molecule has 0 aliphatic rings. The van der Waals surface area contributed by atoms with Gasteiger partial charge in [0.25, 0.3) is 5.92 Å². The first-order valence-electron chi connectivity index (χ1n) is 4.60. The lowest BCUT2D eigenvalue weighted by atomic mass is 10.0.